The molecule has 188 valence electrons. The van der Waals surface area contributed by atoms with E-state index >= 15 is 0 Å². The number of pyridine rings is 3. The average Bonchev–Trinajstić information content (AvgIpc) is 3.67. The number of nitrogens with one attached hydrogen (secondary N) is 2. The molecule has 1 atom stereocenters. The highest BCUT2D eigenvalue weighted by Gasteiger charge is 2.27. The minimum absolute atomic E-state index is 0.160. The molecule has 12 heteroatoms. The van der Waals surface area contributed by atoms with Gasteiger partial charge in [0.2, 0.25) is 5.95 Å². The number of halogens is 3. The van der Waals surface area contributed by atoms with Gasteiger partial charge in [0.15, 0.2) is 5.82 Å². The third-order valence-corrected chi connectivity index (χ3v) is 6.47. The molecule has 1 unspecified atom stereocenters. The maximum atomic E-state index is 13.8. The number of hydrogen-bond acceptors (Lipinski definition) is 8. The second-order valence-corrected chi connectivity index (χ2v) is 9.26. The molecular weight excluding hydrogens is 512 g/mol. The number of benzene rings is 1. The Kier molecular flexibility index (Phi) is 6.01. The first-order valence-electron chi connectivity index (χ1n) is 11.7. The summed E-state index contributed by atoms with van der Waals surface area (Å²) < 4.78 is 29.1. The average molecular weight is 530 g/mol. The van der Waals surface area contributed by atoms with Crippen LogP contribution in [0.3, 0.4) is 0 Å². The minimum atomic E-state index is -1.22. The summed E-state index contributed by atoms with van der Waals surface area (Å²) in [5.74, 6) is -2.34. The fourth-order valence-corrected chi connectivity index (χ4v) is 4.45. The Morgan fingerprint density at radius 1 is 1.11 bits per heavy atom. The van der Waals surface area contributed by atoms with E-state index in [2.05, 4.69) is 42.0 Å². The lowest BCUT2D eigenvalue weighted by atomic mass is 10.0. The zero-order chi connectivity index (χ0) is 26.2. The first-order valence-corrected chi connectivity index (χ1v) is 12.1. The van der Waals surface area contributed by atoms with E-state index in [0.29, 0.717) is 39.0 Å². The van der Waals surface area contributed by atoms with Gasteiger partial charge in [-0.15, -0.1) is 5.10 Å². The molecule has 4 aromatic heterocycles. The number of rotatable bonds is 7. The number of hydrogen-bond donors (Lipinski definition) is 2. The van der Waals surface area contributed by atoms with Crippen molar-refractivity contribution in [3.63, 3.8) is 0 Å². The fraction of sp³-hybridized carbons (Fsp3) is 0.154. The van der Waals surface area contributed by atoms with Crippen molar-refractivity contribution in [2.45, 2.75) is 24.9 Å². The van der Waals surface area contributed by atoms with Crippen LogP contribution in [0.25, 0.3) is 10.9 Å². The lowest BCUT2D eigenvalue weighted by Crippen LogP contribution is -2.13. The number of fused-ring (bicyclic) bond motifs is 1. The van der Waals surface area contributed by atoms with E-state index in [-0.39, 0.29) is 11.3 Å². The first-order chi connectivity index (χ1) is 18.5. The van der Waals surface area contributed by atoms with E-state index in [0.717, 1.165) is 30.7 Å². The smallest absolute Gasteiger partial charge is 0.249 e. The van der Waals surface area contributed by atoms with Gasteiger partial charge in [-0.05, 0) is 36.6 Å². The lowest BCUT2D eigenvalue weighted by molar-refractivity contribution is 0.480. The molecule has 1 fully saturated rings. The molecule has 0 amide bonds. The zero-order valence-electron chi connectivity index (χ0n) is 19.6. The van der Waals surface area contributed by atoms with Gasteiger partial charge in [-0.1, -0.05) is 22.9 Å². The van der Waals surface area contributed by atoms with Crippen molar-refractivity contribution in [2.75, 3.05) is 10.6 Å². The maximum Gasteiger partial charge on any atom is 0.249 e. The molecule has 1 saturated carbocycles. The second kappa shape index (κ2) is 9.64. The molecule has 1 aromatic carbocycles. The van der Waals surface area contributed by atoms with E-state index in [1.807, 2.05) is 23.0 Å². The Labute approximate surface area is 220 Å². The molecule has 0 aliphatic heterocycles. The molecule has 2 N–H and O–H groups in total. The summed E-state index contributed by atoms with van der Waals surface area (Å²) in [6, 6.07) is 10.3. The Morgan fingerprint density at radius 2 is 1.97 bits per heavy atom. The summed E-state index contributed by atoms with van der Waals surface area (Å²) in [5.41, 5.74) is 3.28. The van der Waals surface area contributed by atoms with Gasteiger partial charge >= 0.3 is 0 Å². The Morgan fingerprint density at radius 3 is 2.71 bits per heavy atom. The molecule has 0 radical (unpaired) electrons. The monoisotopic (exact) mass is 529 g/mol. The first kappa shape index (κ1) is 23.7. The SMILES string of the molecule is N#Cc1cnc2c(Cl)cc(NC(c3cccnc3)c3cn(C4CC4)nn3)cc2c1Nc1cnc(F)c(F)c1. The van der Waals surface area contributed by atoms with Crippen molar-refractivity contribution in [2.24, 2.45) is 0 Å². The van der Waals surface area contributed by atoms with E-state index in [1.54, 1.807) is 24.5 Å². The van der Waals surface area contributed by atoms with Crippen LogP contribution in [0.2, 0.25) is 5.02 Å². The Bertz CT molecular complexity index is 1700. The Balaban J connectivity index is 1.43. The molecule has 38 heavy (non-hydrogen) atoms. The highest BCUT2D eigenvalue weighted by Crippen LogP contribution is 2.38. The predicted molar refractivity (Wildman–Crippen MR) is 137 cm³/mol. The van der Waals surface area contributed by atoms with E-state index < -0.39 is 17.8 Å². The van der Waals surface area contributed by atoms with Gasteiger partial charge in [0.25, 0.3) is 0 Å². The Hall–Kier alpha value is -4.69. The van der Waals surface area contributed by atoms with Crippen molar-refractivity contribution >= 4 is 39.6 Å². The largest absolute Gasteiger partial charge is 0.373 e. The summed E-state index contributed by atoms with van der Waals surface area (Å²) in [4.78, 5) is 12.0. The molecular formula is C26H18ClF2N9. The number of aromatic nitrogens is 6. The highest BCUT2D eigenvalue weighted by molar-refractivity contribution is 6.36. The standard InChI is InChI=1S/C26H18ClF2N9/c27-20-7-16(34-24(14-2-1-5-31-10-14)22-13-38(37-36-22)18-3-4-18)6-19-23(15(9-30)11-32-25(19)20)35-17-8-21(28)26(29)33-12-17/h1-2,5-8,10-13,18,24,34H,3-4H2,(H,32,35). The number of nitrogens with zero attached hydrogens (tertiary/aromatic N) is 7. The summed E-state index contributed by atoms with van der Waals surface area (Å²) in [6.45, 7) is 0. The fourth-order valence-electron chi connectivity index (χ4n) is 4.18. The second-order valence-electron chi connectivity index (χ2n) is 8.85. The number of anilines is 3. The third-order valence-electron chi connectivity index (χ3n) is 6.18. The third kappa shape index (κ3) is 4.57. The van der Waals surface area contributed by atoms with Crippen LogP contribution in [0.1, 0.15) is 41.7 Å². The predicted octanol–water partition coefficient (Wildman–Crippen LogP) is 5.70. The normalized spacial score (nSPS) is 13.7. The quantitative estimate of drug-likeness (QED) is 0.258. The van der Waals surface area contributed by atoms with Crippen molar-refractivity contribution in [3.8, 4) is 6.07 Å². The van der Waals surface area contributed by atoms with Crippen molar-refractivity contribution in [1.82, 2.24) is 29.9 Å². The van der Waals surface area contributed by atoms with Gasteiger partial charge in [-0.3, -0.25) is 9.97 Å². The summed E-state index contributed by atoms with van der Waals surface area (Å²) in [7, 11) is 0. The molecule has 5 aromatic rings. The van der Waals surface area contributed by atoms with Gasteiger partial charge in [0, 0.05) is 35.7 Å². The summed E-state index contributed by atoms with van der Waals surface area (Å²) >= 11 is 6.63. The molecule has 1 aliphatic rings. The van der Waals surface area contributed by atoms with E-state index in [1.165, 1.54) is 6.20 Å². The zero-order valence-corrected chi connectivity index (χ0v) is 20.4. The summed E-state index contributed by atoms with van der Waals surface area (Å²) in [5, 5.41) is 25.7. The molecule has 1 aliphatic carbocycles. The molecule has 0 saturated heterocycles. The molecule has 0 bridgehead atoms. The maximum absolute atomic E-state index is 13.8. The van der Waals surface area contributed by atoms with Crippen LogP contribution in [-0.4, -0.2) is 29.9 Å². The molecule has 6 rings (SSSR count). The van der Waals surface area contributed by atoms with Gasteiger partial charge in [0.1, 0.15) is 11.8 Å². The van der Waals surface area contributed by atoms with Crippen LogP contribution in [-0.2, 0) is 0 Å². The minimum Gasteiger partial charge on any atom is -0.373 e. The van der Waals surface area contributed by atoms with Crippen LogP contribution < -0.4 is 10.6 Å². The van der Waals surface area contributed by atoms with Crippen molar-refractivity contribution in [1.29, 1.82) is 5.26 Å². The molecule has 4 heterocycles. The van der Waals surface area contributed by atoms with E-state index in [4.69, 9.17) is 11.6 Å². The van der Waals surface area contributed by atoms with Gasteiger partial charge < -0.3 is 10.6 Å². The van der Waals surface area contributed by atoms with Gasteiger partial charge in [-0.2, -0.15) is 9.65 Å². The van der Waals surface area contributed by atoms with Gasteiger partial charge in [0.05, 0.1) is 52.0 Å². The lowest BCUT2D eigenvalue weighted by Gasteiger charge is -2.19. The van der Waals surface area contributed by atoms with Crippen molar-refractivity contribution in [3.05, 3.63) is 94.9 Å². The van der Waals surface area contributed by atoms with Crippen LogP contribution >= 0.6 is 11.6 Å². The number of nitriles is 1. The summed E-state index contributed by atoms with van der Waals surface area (Å²) in [6.07, 6.45) is 10.0. The van der Waals surface area contributed by atoms with Crippen molar-refractivity contribution < 1.29 is 8.78 Å². The molecule has 0 spiro atoms. The van der Waals surface area contributed by atoms with Gasteiger partial charge in [-0.25, -0.2) is 14.1 Å². The van der Waals surface area contributed by atoms with Crippen LogP contribution in [0, 0.1) is 23.1 Å². The highest BCUT2D eigenvalue weighted by atomic mass is 35.5. The molecule has 9 nitrogen and oxygen atoms in total. The van der Waals surface area contributed by atoms with Crippen LogP contribution in [0.5, 0.6) is 0 Å². The van der Waals surface area contributed by atoms with Crippen LogP contribution in [0.15, 0.2) is 61.3 Å². The van der Waals surface area contributed by atoms with Crippen LogP contribution in [0.4, 0.5) is 25.8 Å². The topological polar surface area (TPSA) is 117 Å². The van der Waals surface area contributed by atoms with E-state index in [9.17, 15) is 14.0 Å².